The topological polar surface area (TPSA) is 66.6 Å². The van der Waals surface area contributed by atoms with Gasteiger partial charge in [-0.3, -0.25) is 4.79 Å². The maximum atomic E-state index is 11.7. The summed E-state index contributed by atoms with van der Waals surface area (Å²) in [5, 5.41) is 15.3. The molecule has 2 heterocycles. The summed E-state index contributed by atoms with van der Waals surface area (Å²) in [6.07, 6.45) is 2.72. The van der Waals surface area contributed by atoms with Crippen LogP contribution in [0.2, 0.25) is 5.02 Å². The molecule has 0 spiro atoms. The van der Waals surface area contributed by atoms with Crippen molar-refractivity contribution in [3.8, 4) is 0 Å². The number of aliphatic carboxylic acids is 1. The van der Waals surface area contributed by atoms with Crippen molar-refractivity contribution in [2.45, 2.75) is 19.3 Å². The van der Waals surface area contributed by atoms with Gasteiger partial charge in [-0.25, -0.2) is 0 Å². The number of carboxylic acid groups (broad SMARTS) is 1. The van der Waals surface area contributed by atoms with Gasteiger partial charge in [0.25, 0.3) is 0 Å². The van der Waals surface area contributed by atoms with Crippen molar-refractivity contribution in [3.63, 3.8) is 0 Å². The number of benzene rings is 1. The monoisotopic (exact) mass is 306 g/mol. The SMILES string of the molecule is O=C(O)[C@@]12CCC[C@H]1CN(c1noc3ccc(Cl)cc13)C2. The van der Waals surface area contributed by atoms with E-state index in [0.29, 0.717) is 23.0 Å². The van der Waals surface area contributed by atoms with Gasteiger partial charge in [-0.15, -0.1) is 0 Å². The van der Waals surface area contributed by atoms with Crippen molar-refractivity contribution in [1.29, 1.82) is 0 Å². The first kappa shape index (κ1) is 13.0. The number of anilines is 1. The van der Waals surface area contributed by atoms with Crippen LogP contribution in [0.4, 0.5) is 5.82 Å². The van der Waals surface area contributed by atoms with Gasteiger partial charge in [-0.1, -0.05) is 23.2 Å². The molecule has 2 aliphatic rings. The summed E-state index contributed by atoms with van der Waals surface area (Å²) in [5.41, 5.74) is 0.0555. The Labute approximate surface area is 126 Å². The van der Waals surface area contributed by atoms with Gasteiger partial charge in [-0.05, 0) is 37.0 Å². The number of hydrogen-bond donors (Lipinski definition) is 1. The zero-order valence-corrected chi connectivity index (χ0v) is 12.1. The minimum absolute atomic E-state index is 0.195. The second-order valence-electron chi connectivity index (χ2n) is 6.08. The van der Waals surface area contributed by atoms with Crippen LogP contribution >= 0.6 is 11.6 Å². The fourth-order valence-corrected chi connectivity index (χ4v) is 4.10. The maximum absolute atomic E-state index is 11.7. The van der Waals surface area contributed by atoms with Crippen LogP contribution in [0.25, 0.3) is 11.0 Å². The predicted molar refractivity (Wildman–Crippen MR) is 78.6 cm³/mol. The zero-order valence-electron chi connectivity index (χ0n) is 11.4. The first-order valence-corrected chi connectivity index (χ1v) is 7.51. The summed E-state index contributed by atoms with van der Waals surface area (Å²) in [6.45, 7) is 1.22. The smallest absolute Gasteiger partial charge is 0.311 e. The third-order valence-electron chi connectivity index (χ3n) is 5.01. The number of aromatic nitrogens is 1. The third-order valence-corrected chi connectivity index (χ3v) is 5.24. The highest BCUT2D eigenvalue weighted by Gasteiger charge is 2.55. The molecule has 5 nitrogen and oxygen atoms in total. The largest absolute Gasteiger partial charge is 0.481 e. The third kappa shape index (κ3) is 1.77. The van der Waals surface area contributed by atoms with Crippen molar-refractivity contribution < 1.29 is 14.4 Å². The molecule has 21 heavy (non-hydrogen) atoms. The summed E-state index contributed by atoms with van der Waals surface area (Å²) in [7, 11) is 0. The van der Waals surface area contributed by atoms with E-state index in [-0.39, 0.29) is 5.92 Å². The molecule has 1 aromatic carbocycles. The van der Waals surface area contributed by atoms with Crippen molar-refractivity contribution in [2.24, 2.45) is 11.3 Å². The van der Waals surface area contributed by atoms with Gasteiger partial charge in [0.05, 0.1) is 10.8 Å². The van der Waals surface area contributed by atoms with E-state index in [1.54, 1.807) is 12.1 Å². The van der Waals surface area contributed by atoms with Gasteiger partial charge in [0, 0.05) is 18.1 Å². The van der Waals surface area contributed by atoms with Crippen molar-refractivity contribution in [1.82, 2.24) is 5.16 Å². The molecule has 1 saturated heterocycles. The van der Waals surface area contributed by atoms with Crippen molar-refractivity contribution >= 4 is 34.4 Å². The molecule has 2 atom stereocenters. The Kier molecular flexibility index (Phi) is 2.70. The van der Waals surface area contributed by atoms with Gasteiger partial charge in [0.15, 0.2) is 11.4 Å². The molecule has 2 fully saturated rings. The van der Waals surface area contributed by atoms with E-state index in [1.807, 2.05) is 11.0 Å². The quantitative estimate of drug-likeness (QED) is 0.923. The summed E-state index contributed by atoms with van der Waals surface area (Å²) in [6, 6.07) is 5.37. The van der Waals surface area contributed by atoms with Gasteiger partial charge in [-0.2, -0.15) is 0 Å². The van der Waals surface area contributed by atoms with E-state index in [1.165, 1.54) is 0 Å². The highest BCUT2D eigenvalue weighted by atomic mass is 35.5. The molecule has 0 amide bonds. The number of rotatable bonds is 2. The fourth-order valence-electron chi connectivity index (χ4n) is 3.93. The highest BCUT2D eigenvalue weighted by Crippen LogP contribution is 2.50. The Hall–Kier alpha value is -1.75. The van der Waals surface area contributed by atoms with Crippen LogP contribution in [0.15, 0.2) is 22.7 Å². The summed E-state index contributed by atoms with van der Waals surface area (Å²) >= 11 is 6.05. The number of carbonyl (C=O) groups is 1. The van der Waals surface area contributed by atoms with Gasteiger partial charge in [0.2, 0.25) is 0 Å². The number of hydrogen-bond acceptors (Lipinski definition) is 4. The molecule has 1 N–H and O–H groups in total. The first-order valence-electron chi connectivity index (χ1n) is 7.13. The molecular weight excluding hydrogens is 292 g/mol. The molecule has 110 valence electrons. The minimum atomic E-state index is -0.682. The molecule has 1 aliphatic carbocycles. The number of fused-ring (bicyclic) bond motifs is 2. The second-order valence-corrected chi connectivity index (χ2v) is 6.51. The molecule has 2 aromatic rings. The number of nitrogens with zero attached hydrogens (tertiary/aromatic N) is 2. The van der Waals surface area contributed by atoms with E-state index < -0.39 is 11.4 Å². The lowest BCUT2D eigenvalue weighted by Gasteiger charge is -2.23. The molecule has 0 unspecified atom stereocenters. The van der Waals surface area contributed by atoms with Crippen molar-refractivity contribution in [2.75, 3.05) is 18.0 Å². The Bertz CT molecular complexity index is 729. The van der Waals surface area contributed by atoms with E-state index in [0.717, 1.165) is 31.2 Å². The van der Waals surface area contributed by atoms with E-state index in [2.05, 4.69) is 5.16 Å². The van der Waals surface area contributed by atoms with Crippen LogP contribution in [0, 0.1) is 11.3 Å². The number of halogens is 1. The average molecular weight is 307 g/mol. The predicted octanol–water partition coefficient (Wildman–Crippen LogP) is 3.17. The number of carboxylic acids is 1. The summed E-state index contributed by atoms with van der Waals surface area (Å²) in [4.78, 5) is 13.8. The van der Waals surface area contributed by atoms with Crippen LogP contribution in [0.1, 0.15) is 19.3 Å². The van der Waals surface area contributed by atoms with Crippen LogP contribution in [0.3, 0.4) is 0 Å². The van der Waals surface area contributed by atoms with Crippen LogP contribution in [-0.4, -0.2) is 29.3 Å². The maximum Gasteiger partial charge on any atom is 0.311 e. The molecule has 0 bridgehead atoms. The molecule has 6 heteroatoms. The molecule has 1 saturated carbocycles. The lowest BCUT2D eigenvalue weighted by atomic mass is 9.81. The van der Waals surface area contributed by atoms with E-state index >= 15 is 0 Å². The highest BCUT2D eigenvalue weighted by molar-refractivity contribution is 6.31. The van der Waals surface area contributed by atoms with Gasteiger partial charge < -0.3 is 14.5 Å². The molecule has 4 rings (SSSR count). The van der Waals surface area contributed by atoms with Crippen LogP contribution in [-0.2, 0) is 4.79 Å². The zero-order chi connectivity index (χ0) is 14.6. The lowest BCUT2D eigenvalue weighted by molar-refractivity contribution is -0.149. The fraction of sp³-hybridized carbons (Fsp3) is 0.467. The van der Waals surface area contributed by atoms with Gasteiger partial charge >= 0.3 is 5.97 Å². The van der Waals surface area contributed by atoms with Crippen LogP contribution < -0.4 is 4.90 Å². The summed E-state index contributed by atoms with van der Waals surface area (Å²) in [5.74, 6) is 0.224. The standard InChI is InChI=1S/C15H15ClN2O3/c16-10-3-4-12-11(6-10)13(17-21-12)18-7-9-2-1-5-15(9,8-18)14(19)20/h3-4,6,9H,1-2,5,7-8H2,(H,19,20)/t9-,15+/m0/s1. The Balaban J connectivity index is 1.74. The molecule has 1 aromatic heterocycles. The first-order chi connectivity index (χ1) is 10.1. The summed E-state index contributed by atoms with van der Waals surface area (Å²) < 4.78 is 5.33. The Morgan fingerprint density at radius 2 is 2.38 bits per heavy atom. The molecule has 1 aliphatic heterocycles. The van der Waals surface area contributed by atoms with E-state index in [9.17, 15) is 9.90 Å². The second kappa shape index (κ2) is 4.37. The Morgan fingerprint density at radius 1 is 1.52 bits per heavy atom. The lowest BCUT2D eigenvalue weighted by Crippen LogP contribution is -2.35. The van der Waals surface area contributed by atoms with Crippen LogP contribution in [0.5, 0.6) is 0 Å². The average Bonchev–Trinajstić information content (AvgIpc) is 3.08. The molecular formula is C15H15ClN2O3. The Morgan fingerprint density at radius 3 is 3.14 bits per heavy atom. The van der Waals surface area contributed by atoms with Crippen molar-refractivity contribution in [3.05, 3.63) is 23.2 Å². The molecule has 0 radical (unpaired) electrons. The van der Waals surface area contributed by atoms with E-state index in [4.69, 9.17) is 16.1 Å². The normalized spacial score (nSPS) is 28.2. The van der Waals surface area contributed by atoms with Gasteiger partial charge in [0.1, 0.15) is 0 Å². The minimum Gasteiger partial charge on any atom is -0.481 e.